The topological polar surface area (TPSA) is 54.4 Å². The maximum Gasteiger partial charge on any atom is 0.212 e. The van der Waals surface area contributed by atoms with Gasteiger partial charge >= 0.3 is 0 Å². The number of hydrogen-bond donors (Lipinski definition) is 1. The zero-order valence-corrected chi connectivity index (χ0v) is 15.8. The number of sulfone groups is 1. The van der Waals surface area contributed by atoms with Gasteiger partial charge in [0.2, 0.25) is 9.84 Å². The molecule has 0 fully saturated rings. The number of aliphatic hydroxyl groups is 1. The summed E-state index contributed by atoms with van der Waals surface area (Å²) in [5, 5.41) is 10.2. The van der Waals surface area contributed by atoms with Crippen LogP contribution in [0.3, 0.4) is 0 Å². The van der Waals surface area contributed by atoms with Crippen LogP contribution in [0.15, 0.2) is 52.4 Å². The summed E-state index contributed by atoms with van der Waals surface area (Å²) in [5.41, 5.74) is 5.65. The van der Waals surface area contributed by atoms with E-state index in [1.807, 2.05) is 0 Å². The van der Waals surface area contributed by atoms with Crippen LogP contribution in [0.4, 0.5) is 0 Å². The molecule has 3 nitrogen and oxygen atoms in total. The van der Waals surface area contributed by atoms with Gasteiger partial charge in [0.15, 0.2) is 0 Å². The Bertz CT molecular complexity index is 728. The van der Waals surface area contributed by atoms with E-state index in [9.17, 15) is 13.5 Å². The second kappa shape index (κ2) is 8.33. The maximum atomic E-state index is 12.5. The van der Waals surface area contributed by atoms with Crippen molar-refractivity contribution in [2.75, 3.05) is 0 Å². The second-order valence-corrected chi connectivity index (χ2v) is 13.0. The molecule has 0 aliphatic rings. The van der Waals surface area contributed by atoms with Crippen LogP contribution >= 0.6 is 0 Å². The van der Waals surface area contributed by atoms with Gasteiger partial charge in [-0.3, -0.25) is 0 Å². The summed E-state index contributed by atoms with van der Waals surface area (Å²) >= 11 is 0. The SMILES string of the molecule is C=C=C(C(O)CCCC#C[Si](C)(C)C)S(=O)(=O)c1ccccc1. The Labute approximate surface area is 140 Å². The van der Waals surface area contributed by atoms with Gasteiger partial charge < -0.3 is 5.11 Å². The molecule has 0 aromatic heterocycles. The molecule has 124 valence electrons. The molecule has 0 radical (unpaired) electrons. The van der Waals surface area contributed by atoms with Gasteiger partial charge in [0.25, 0.3) is 0 Å². The van der Waals surface area contributed by atoms with Crippen molar-refractivity contribution in [2.45, 2.75) is 49.9 Å². The molecule has 1 atom stereocenters. The minimum Gasteiger partial charge on any atom is -0.387 e. The van der Waals surface area contributed by atoms with Gasteiger partial charge in [-0.25, -0.2) is 8.42 Å². The lowest BCUT2D eigenvalue weighted by molar-refractivity contribution is 0.205. The van der Waals surface area contributed by atoms with Gasteiger partial charge in [0, 0.05) is 6.42 Å². The second-order valence-electron chi connectivity index (χ2n) is 6.32. The van der Waals surface area contributed by atoms with Crippen molar-refractivity contribution < 1.29 is 13.5 Å². The fraction of sp³-hybridized carbons (Fsp3) is 0.389. The lowest BCUT2D eigenvalue weighted by atomic mass is 10.1. The largest absolute Gasteiger partial charge is 0.387 e. The molecule has 1 unspecified atom stereocenters. The van der Waals surface area contributed by atoms with Crippen LogP contribution in [0.2, 0.25) is 19.6 Å². The van der Waals surface area contributed by atoms with Crippen molar-refractivity contribution in [1.29, 1.82) is 0 Å². The molecule has 0 saturated heterocycles. The van der Waals surface area contributed by atoms with Crippen molar-refractivity contribution in [2.24, 2.45) is 0 Å². The average Bonchev–Trinajstić information content (AvgIpc) is 2.47. The predicted molar refractivity (Wildman–Crippen MR) is 97.3 cm³/mol. The van der Waals surface area contributed by atoms with Crippen molar-refractivity contribution in [3.63, 3.8) is 0 Å². The molecule has 1 aromatic rings. The van der Waals surface area contributed by atoms with E-state index < -0.39 is 24.0 Å². The van der Waals surface area contributed by atoms with E-state index in [0.717, 1.165) is 0 Å². The van der Waals surface area contributed by atoms with Gasteiger partial charge in [-0.2, -0.15) is 0 Å². The molecule has 0 aliphatic carbocycles. The van der Waals surface area contributed by atoms with E-state index in [1.54, 1.807) is 18.2 Å². The summed E-state index contributed by atoms with van der Waals surface area (Å²) < 4.78 is 25.0. The van der Waals surface area contributed by atoms with Crippen LogP contribution in [0, 0.1) is 11.5 Å². The number of benzene rings is 1. The zero-order valence-electron chi connectivity index (χ0n) is 14.0. The Morgan fingerprint density at radius 2 is 1.87 bits per heavy atom. The lowest BCUT2D eigenvalue weighted by Crippen LogP contribution is -2.18. The standard InChI is InChI=1S/C18H24O3SSi/c1-5-18(22(20,21)16-12-8-6-9-13-16)17(19)14-10-7-11-15-23(2,3)4/h6,8-9,12-13,17,19H,1,7,10,14H2,2-4H3. The van der Waals surface area contributed by atoms with Crippen LogP contribution in [-0.4, -0.2) is 27.7 Å². The van der Waals surface area contributed by atoms with Gasteiger partial charge in [0.1, 0.15) is 13.0 Å². The third-order valence-electron chi connectivity index (χ3n) is 3.06. The van der Waals surface area contributed by atoms with E-state index in [-0.39, 0.29) is 9.80 Å². The maximum absolute atomic E-state index is 12.5. The Hall–Kier alpha value is -1.57. The molecule has 1 N–H and O–H groups in total. The number of hydrogen-bond acceptors (Lipinski definition) is 3. The fourth-order valence-corrected chi connectivity index (χ4v) is 4.05. The van der Waals surface area contributed by atoms with Gasteiger partial charge in [-0.05, 0) is 25.0 Å². The highest BCUT2D eigenvalue weighted by molar-refractivity contribution is 7.95. The summed E-state index contributed by atoms with van der Waals surface area (Å²) in [6.45, 7) is 9.93. The Morgan fingerprint density at radius 1 is 1.26 bits per heavy atom. The van der Waals surface area contributed by atoms with E-state index in [4.69, 9.17) is 0 Å². The molecule has 0 spiro atoms. The first-order valence-electron chi connectivity index (χ1n) is 7.56. The van der Waals surface area contributed by atoms with Crippen molar-refractivity contribution in [3.8, 4) is 11.5 Å². The van der Waals surface area contributed by atoms with Gasteiger partial charge in [0.05, 0.1) is 11.0 Å². The first-order chi connectivity index (χ1) is 10.7. The summed E-state index contributed by atoms with van der Waals surface area (Å²) in [6.07, 6.45) is 0.502. The first kappa shape index (κ1) is 19.5. The van der Waals surface area contributed by atoms with Crippen LogP contribution < -0.4 is 0 Å². The molecule has 0 amide bonds. The van der Waals surface area contributed by atoms with Crippen LogP contribution in [-0.2, 0) is 9.84 Å². The molecule has 23 heavy (non-hydrogen) atoms. The number of aliphatic hydroxyl groups excluding tert-OH is 1. The highest BCUT2D eigenvalue weighted by Gasteiger charge is 2.26. The molecular weight excluding hydrogens is 324 g/mol. The number of unbranched alkanes of at least 4 members (excludes halogenated alkanes) is 1. The third-order valence-corrected chi connectivity index (χ3v) is 5.88. The highest BCUT2D eigenvalue weighted by atomic mass is 32.2. The smallest absolute Gasteiger partial charge is 0.212 e. The zero-order chi connectivity index (χ0) is 17.5. The van der Waals surface area contributed by atoms with Gasteiger partial charge in [-0.15, -0.1) is 17.2 Å². The Morgan fingerprint density at radius 3 is 2.39 bits per heavy atom. The highest BCUT2D eigenvalue weighted by Crippen LogP contribution is 2.23. The third kappa shape index (κ3) is 6.21. The van der Waals surface area contributed by atoms with E-state index >= 15 is 0 Å². The normalized spacial score (nSPS) is 12.7. The molecular formula is C18H24O3SSi. The molecule has 1 rings (SSSR count). The predicted octanol–water partition coefficient (Wildman–Crippen LogP) is 3.54. The fourth-order valence-electron chi connectivity index (χ4n) is 1.96. The van der Waals surface area contributed by atoms with Crippen LogP contribution in [0.1, 0.15) is 19.3 Å². The van der Waals surface area contributed by atoms with E-state index in [1.165, 1.54) is 12.1 Å². The molecule has 0 bridgehead atoms. The summed E-state index contributed by atoms with van der Waals surface area (Å²) in [5.74, 6) is 3.11. The molecule has 0 aliphatic heterocycles. The van der Waals surface area contributed by atoms with E-state index in [2.05, 4.69) is 43.4 Å². The van der Waals surface area contributed by atoms with Crippen LogP contribution in [0.25, 0.3) is 0 Å². The summed E-state index contributed by atoms with van der Waals surface area (Å²) in [4.78, 5) is -0.0226. The summed E-state index contributed by atoms with van der Waals surface area (Å²) in [6, 6.07) is 8.03. The Balaban J connectivity index is 2.75. The first-order valence-corrected chi connectivity index (χ1v) is 12.5. The summed E-state index contributed by atoms with van der Waals surface area (Å²) in [7, 11) is -5.14. The lowest BCUT2D eigenvalue weighted by Gasteiger charge is -2.13. The van der Waals surface area contributed by atoms with Crippen LogP contribution in [0.5, 0.6) is 0 Å². The van der Waals surface area contributed by atoms with Crippen molar-refractivity contribution in [3.05, 3.63) is 47.5 Å². The average molecular weight is 349 g/mol. The minimum absolute atomic E-state index is 0.142. The quantitative estimate of drug-likeness (QED) is 0.370. The van der Waals surface area contributed by atoms with Crippen molar-refractivity contribution >= 4 is 17.9 Å². The Kier molecular flexibility index (Phi) is 7.05. The molecule has 1 aromatic carbocycles. The monoisotopic (exact) mass is 348 g/mol. The van der Waals surface area contributed by atoms with E-state index in [0.29, 0.717) is 19.3 Å². The molecule has 5 heteroatoms. The molecule has 0 saturated carbocycles. The molecule has 0 heterocycles. The number of rotatable bonds is 6. The van der Waals surface area contributed by atoms with Crippen molar-refractivity contribution in [1.82, 2.24) is 0 Å². The minimum atomic E-state index is -3.75. The van der Waals surface area contributed by atoms with Gasteiger partial charge in [-0.1, -0.05) is 44.4 Å².